The summed E-state index contributed by atoms with van der Waals surface area (Å²) in [5.41, 5.74) is 3.18. The zero-order valence-corrected chi connectivity index (χ0v) is 23.1. The summed E-state index contributed by atoms with van der Waals surface area (Å²) in [4.78, 5) is 13.5. The number of ether oxygens (including phenoxy) is 1. The van der Waals surface area contributed by atoms with E-state index in [9.17, 15) is 8.42 Å². The van der Waals surface area contributed by atoms with E-state index in [-0.39, 0.29) is 24.2 Å². The van der Waals surface area contributed by atoms with Gasteiger partial charge in [-0.2, -0.15) is 0 Å². The molecule has 0 aliphatic carbocycles. The van der Waals surface area contributed by atoms with Gasteiger partial charge in [0, 0.05) is 30.5 Å². The molecule has 204 valence electrons. The Morgan fingerprint density at radius 2 is 1.85 bits per heavy atom. The molecule has 9 nitrogen and oxygen atoms in total. The van der Waals surface area contributed by atoms with Crippen LogP contribution in [0.4, 0.5) is 11.6 Å². The van der Waals surface area contributed by atoms with Crippen molar-refractivity contribution < 1.29 is 13.2 Å². The maximum atomic E-state index is 12.8. The van der Waals surface area contributed by atoms with Gasteiger partial charge in [-0.3, -0.25) is 4.72 Å². The van der Waals surface area contributed by atoms with Crippen LogP contribution in [-0.4, -0.2) is 42.5 Å². The van der Waals surface area contributed by atoms with Gasteiger partial charge in [-0.25, -0.2) is 23.4 Å². The lowest BCUT2D eigenvalue weighted by atomic mass is 10.1. The SMILES string of the molecule is Cc1c(NS(=O)(=O)Cc2ccccc2)cccc1Oc1ncccc1-c1ccnc(N[C@H]2CCCNC2)n1.Cl. The average Bonchev–Trinajstić information content (AvgIpc) is 2.92. The molecule has 2 aromatic heterocycles. The van der Waals surface area contributed by atoms with Gasteiger partial charge in [-0.15, -0.1) is 12.4 Å². The van der Waals surface area contributed by atoms with Gasteiger partial charge < -0.3 is 15.4 Å². The lowest BCUT2D eigenvalue weighted by Crippen LogP contribution is -2.38. The summed E-state index contributed by atoms with van der Waals surface area (Å²) in [6.07, 6.45) is 5.53. The van der Waals surface area contributed by atoms with Crippen LogP contribution in [0, 0.1) is 6.92 Å². The number of sulfonamides is 1. The van der Waals surface area contributed by atoms with E-state index < -0.39 is 10.0 Å². The molecule has 1 aliphatic rings. The molecule has 0 radical (unpaired) electrons. The van der Waals surface area contributed by atoms with Crippen molar-refractivity contribution in [1.82, 2.24) is 20.3 Å². The van der Waals surface area contributed by atoms with E-state index in [1.807, 2.05) is 43.3 Å². The number of hydrogen-bond acceptors (Lipinski definition) is 8. The number of nitrogens with one attached hydrogen (secondary N) is 3. The highest BCUT2D eigenvalue weighted by molar-refractivity contribution is 7.91. The molecular weight excluding hydrogens is 536 g/mol. The molecule has 0 amide bonds. The van der Waals surface area contributed by atoms with E-state index >= 15 is 0 Å². The maximum Gasteiger partial charge on any atom is 0.236 e. The van der Waals surface area contributed by atoms with E-state index in [1.54, 1.807) is 42.7 Å². The summed E-state index contributed by atoms with van der Waals surface area (Å²) < 4.78 is 34.5. The van der Waals surface area contributed by atoms with Crippen LogP contribution < -0.4 is 20.1 Å². The van der Waals surface area contributed by atoms with Crippen LogP contribution in [0.1, 0.15) is 24.0 Å². The Morgan fingerprint density at radius 3 is 2.64 bits per heavy atom. The van der Waals surface area contributed by atoms with Crippen LogP contribution in [-0.2, 0) is 15.8 Å². The summed E-state index contributed by atoms with van der Waals surface area (Å²) in [6.45, 7) is 3.72. The third kappa shape index (κ3) is 7.44. The molecule has 4 aromatic rings. The third-order valence-corrected chi connectivity index (χ3v) is 7.53. The summed E-state index contributed by atoms with van der Waals surface area (Å²) in [7, 11) is -3.62. The van der Waals surface area contributed by atoms with E-state index in [4.69, 9.17) is 9.72 Å². The molecule has 0 spiro atoms. The highest BCUT2D eigenvalue weighted by atomic mass is 35.5. The first-order valence-electron chi connectivity index (χ1n) is 12.5. The Morgan fingerprint density at radius 1 is 1.00 bits per heavy atom. The molecule has 11 heteroatoms. The molecule has 2 aromatic carbocycles. The Bertz CT molecular complexity index is 1500. The summed E-state index contributed by atoms with van der Waals surface area (Å²) in [5.74, 6) is 1.29. The summed E-state index contributed by atoms with van der Waals surface area (Å²) in [6, 6.07) is 20.1. The maximum absolute atomic E-state index is 12.8. The first-order valence-corrected chi connectivity index (χ1v) is 14.2. The molecule has 0 bridgehead atoms. The monoisotopic (exact) mass is 566 g/mol. The van der Waals surface area contributed by atoms with Gasteiger partial charge >= 0.3 is 0 Å². The van der Waals surface area contributed by atoms with Crippen LogP contribution in [0.3, 0.4) is 0 Å². The summed E-state index contributed by atoms with van der Waals surface area (Å²) in [5, 5.41) is 6.79. The van der Waals surface area contributed by atoms with Crippen molar-refractivity contribution in [3.05, 3.63) is 90.3 Å². The van der Waals surface area contributed by atoms with Crippen LogP contribution >= 0.6 is 12.4 Å². The van der Waals surface area contributed by atoms with E-state index in [0.717, 1.165) is 25.9 Å². The predicted octanol–water partition coefficient (Wildman–Crippen LogP) is 5.17. The van der Waals surface area contributed by atoms with Crippen molar-refractivity contribution >= 4 is 34.1 Å². The predicted molar refractivity (Wildman–Crippen MR) is 156 cm³/mol. The fourth-order valence-electron chi connectivity index (χ4n) is 4.34. The highest BCUT2D eigenvalue weighted by Gasteiger charge is 2.18. The fourth-order valence-corrected chi connectivity index (χ4v) is 5.60. The van der Waals surface area contributed by atoms with Gasteiger partial charge in [0.2, 0.25) is 21.9 Å². The van der Waals surface area contributed by atoms with Crippen LogP contribution in [0.15, 0.2) is 79.1 Å². The largest absolute Gasteiger partial charge is 0.438 e. The molecule has 3 N–H and O–H groups in total. The molecule has 0 unspecified atom stereocenters. The quantitative estimate of drug-likeness (QED) is 0.254. The number of anilines is 2. The van der Waals surface area contributed by atoms with Crippen LogP contribution in [0.5, 0.6) is 11.6 Å². The van der Waals surface area contributed by atoms with Crippen LogP contribution in [0.25, 0.3) is 11.3 Å². The van der Waals surface area contributed by atoms with Gasteiger partial charge in [0.15, 0.2) is 0 Å². The number of aromatic nitrogens is 3. The summed E-state index contributed by atoms with van der Waals surface area (Å²) >= 11 is 0. The van der Waals surface area contributed by atoms with Crippen molar-refractivity contribution in [2.24, 2.45) is 0 Å². The first kappa shape index (κ1) is 28.3. The molecule has 1 fully saturated rings. The molecular formula is C28H31ClN6O3S. The minimum absolute atomic E-state index is 0. The van der Waals surface area contributed by atoms with Gasteiger partial charge in [0.1, 0.15) is 5.75 Å². The normalized spacial score (nSPS) is 15.2. The van der Waals surface area contributed by atoms with Crippen molar-refractivity contribution in [2.45, 2.75) is 31.6 Å². The zero-order valence-electron chi connectivity index (χ0n) is 21.5. The topological polar surface area (TPSA) is 118 Å². The molecule has 39 heavy (non-hydrogen) atoms. The van der Waals surface area contributed by atoms with Gasteiger partial charge in [-0.1, -0.05) is 36.4 Å². The first-order chi connectivity index (χ1) is 18.5. The molecule has 1 atom stereocenters. The minimum Gasteiger partial charge on any atom is -0.438 e. The van der Waals surface area contributed by atoms with Gasteiger partial charge in [0.05, 0.1) is 22.7 Å². The third-order valence-electron chi connectivity index (χ3n) is 6.29. The Balaban J connectivity index is 0.00000353. The standard InChI is InChI=1S/C28H30N6O3S.ClH/c1-20-24(34-38(35,36)19-21-8-3-2-4-9-21)12-5-13-26(20)37-27-23(11-7-16-30-27)25-14-17-31-28(33-25)32-22-10-6-15-29-18-22;/h2-5,7-9,11-14,16-17,22,29,34H,6,10,15,18-19H2,1H3,(H,31,32,33);1H/t22-;/m0./s1. The van der Waals surface area contributed by atoms with E-state index in [1.165, 1.54) is 0 Å². The second-order valence-electron chi connectivity index (χ2n) is 9.19. The second-order valence-corrected chi connectivity index (χ2v) is 10.9. The Kier molecular flexibility index (Phi) is 9.34. The molecule has 5 rings (SSSR count). The molecule has 0 saturated carbocycles. The van der Waals surface area contributed by atoms with E-state index in [0.29, 0.717) is 45.6 Å². The van der Waals surface area contributed by atoms with Gasteiger partial charge in [-0.05, 0) is 62.2 Å². The molecule has 1 aliphatic heterocycles. The lowest BCUT2D eigenvalue weighted by molar-refractivity contribution is 0.461. The zero-order chi connectivity index (χ0) is 26.4. The number of rotatable bonds is 9. The number of benzene rings is 2. The van der Waals surface area contributed by atoms with E-state index in [2.05, 4.69) is 25.3 Å². The number of pyridine rings is 1. The fraction of sp³-hybridized carbons (Fsp3) is 0.250. The second kappa shape index (κ2) is 12.9. The minimum atomic E-state index is -3.62. The van der Waals surface area contributed by atoms with Crippen molar-refractivity contribution in [3.8, 4) is 22.9 Å². The molecule has 3 heterocycles. The van der Waals surface area contributed by atoms with Gasteiger partial charge in [0.25, 0.3) is 0 Å². The smallest absolute Gasteiger partial charge is 0.236 e. The van der Waals surface area contributed by atoms with Crippen molar-refractivity contribution in [2.75, 3.05) is 23.1 Å². The van der Waals surface area contributed by atoms with Crippen molar-refractivity contribution in [3.63, 3.8) is 0 Å². The van der Waals surface area contributed by atoms with Crippen LogP contribution in [0.2, 0.25) is 0 Å². The highest BCUT2D eigenvalue weighted by Crippen LogP contribution is 2.34. The Hall–Kier alpha value is -3.73. The number of halogens is 1. The Labute approximate surface area is 234 Å². The lowest BCUT2D eigenvalue weighted by Gasteiger charge is -2.23. The average molecular weight is 567 g/mol. The van der Waals surface area contributed by atoms with Crippen molar-refractivity contribution in [1.29, 1.82) is 0 Å². The number of nitrogens with zero attached hydrogens (tertiary/aromatic N) is 3. The molecule has 1 saturated heterocycles. The number of piperidine rings is 1. The number of hydrogen-bond donors (Lipinski definition) is 3.